The first kappa shape index (κ1) is 17.3. The molecule has 1 heterocycles. The highest BCUT2D eigenvalue weighted by molar-refractivity contribution is 7.12. The second-order valence-corrected chi connectivity index (χ2v) is 7.26. The molecule has 0 radical (unpaired) electrons. The molecule has 0 unspecified atom stereocenters. The number of aromatic nitrogens is 2. The summed E-state index contributed by atoms with van der Waals surface area (Å²) in [4.78, 5) is 5.82. The highest BCUT2D eigenvalue weighted by Crippen LogP contribution is 2.42. The monoisotopic (exact) mass is 367 g/mol. The molecule has 1 aliphatic carbocycles. The van der Waals surface area contributed by atoms with Crippen LogP contribution in [0.5, 0.6) is 11.5 Å². The van der Waals surface area contributed by atoms with Crippen molar-refractivity contribution >= 4 is 22.9 Å². The van der Waals surface area contributed by atoms with E-state index in [-0.39, 0.29) is 0 Å². The number of nitrogens with zero attached hydrogens (tertiary/aromatic N) is 3. The second-order valence-electron chi connectivity index (χ2n) is 5.89. The van der Waals surface area contributed by atoms with Crippen molar-refractivity contribution in [1.82, 2.24) is 9.78 Å². The highest BCUT2D eigenvalue weighted by Gasteiger charge is 2.20. The highest BCUT2D eigenvalue weighted by atomic mass is 35.5. The fraction of sp³-hybridized carbons (Fsp3) is 0.529. The minimum atomic E-state index is 0.404. The first-order valence-electron chi connectivity index (χ1n) is 8.13. The van der Waals surface area contributed by atoms with Gasteiger partial charge in [0.2, 0.25) is 4.80 Å². The lowest BCUT2D eigenvalue weighted by Gasteiger charge is -2.16. The summed E-state index contributed by atoms with van der Waals surface area (Å²) in [6.07, 6.45) is 6.18. The molecule has 1 aromatic carbocycles. The fourth-order valence-electron chi connectivity index (χ4n) is 3.04. The molecule has 0 saturated heterocycles. The maximum atomic E-state index is 6.28. The number of hydrogen-bond acceptors (Lipinski definition) is 5. The van der Waals surface area contributed by atoms with Crippen molar-refractivity contribution in [3.05, 3.63) is 22.0 Å². The Morgan fingerprint density at radius 3 is 2.62 bits per heavy atom. The van der Waals surface area contributed by atoms with E-state index in [9.17, 15) is 0 Å². The Morgan fingerprint density at radius 2 is 1.96 bits per heavy atom. The molecule has 130 valence electrons. The molecule has 24 heavy (non-hydrogen) atoms. The normalized spacial score (nSPS) is 16.4. The van der Waals surface area contributed by atoms with Crippen LogP contribution in [0, 0.1) is 0 Å². The fourth-order valence-corrected chi connectivity index (χ4v) is 4.28. The zero-order chi connectivity index (χ0) is 17.1. The molecule has 1 aromatic heterocycles. The van der Waals surface area contributed by atoms with Gasteiger partial charge in [0.05, 0.1) is 30.8 Å². The zero-order valence-corrected chi connectivity index (χ0v) is 15.8. The molecule has 0 aliphatic heterocycles. The Balaban J connectivity index is 2.07. The molecule has 0 atom stereocenters. The first-order chi connectivity index (χ1) is 11.6. The van der Waals surface area contributed by atoms with Crippen molar-refractivity contribution in [2.24, 2.45) is 12.0 Å². The van der Waals surface area contributed by atoms with E-state index in [0.717, 1.165) is 28.2 Å². The lowest BCUT2D eigenvalue weighted by atomic mass is 9.96. The maximum absolute atomic E-state index is 6.28. The topological polar surface area (TPSA) is 48.6 Å². The van der Waals surface area contributed by atoms with Gasteiger partial charge in [-0.25, -0.2) is 4.68 Å². The van der Waals surface area contributed by atoms with Gasteiger partial charge in [-0.1, -0.05) is 42.2 Å². The molecular weight excluding hydrogens is 346 g/mol. The predicted molar refractivity (Wildman–Crippen MR) is 97.1 cm³/mol. The van der Waals surface area contributed by atoms with Crippen molar-refractivity contribution in [3.63, 3.8) is 0 Å². The van der Waals surface area contributed by atoms with Crippen molar-refractivity contribution in [2.45, 2.75) is 38.1 Å². The zero-order valence-electron chi connectivity index (χ0n) is 14.2. The van der Waals surface area contributed by atoms with Crippen LogP contribution in [0.3, 0.4) is 0 Å². The van der Waals surface area contributed by atoms with E-state index < -0.39 is 0 Å². The molecule has 0 N–H and O–H groups in total. The van der Waals surface area contributed by atoms with E-state index in [0.29, 0.717) is 22.6 Å². The number of benzene rings is 1. The summed E-state index contributed by atoms with van der Waals surface area (Å²) in [6.45, 7) is 0. The average Bonchev–Trinajstić information content (AvgIpc) is 2.95. The van der Waals surface area contributed by atoms with Gasteiger partial charge in [-0.05, 0) is 25.0 Å². The number of rotatable bonds is 4. The molecule has 5 nitrogen and oxygen atoms in total. The SMILES string of the molecule is COc1ccc(Cl)c(OC)c1-c1nn(C)c(=NC2CCCCC2)s1. The van der Waals surface area contributed by atoms with Gasteiger partial charge in [-0.2, -0.15) is 5.10 Å². The van der Waals surface area contributed by atoms with Crippen LogP contribution in [0.2, 0.25) is 5.02 Å². The van der Waals surface area contributed by atoms with Crippen molar-refractivity contribution in [2.75, 3.05) is 14.2 Å². The smallest absolute Gasteiger partial charge is 0.203 e. The third-order valence-corrected chi connectivity index (χ3v) is 5.61. The van der Waals surface area contributed by atoms with E-state index in [1.54, 1.807) is 31.6 Å². The van der Waals surface area contributed by atoms with E-state index in [1.165, 1.54) is 19.3 Å². The summed E-state index contributed by atoms with van der Waals surface area (Å²) >= 11 is 7.82. The van der Waals surface area contributed by atoms with Crippen LogP contribution in [0.25, 0.3) is 10.6 Å². The molecule has 0 amide bonds. The molecule has 1 fully saturated rings. The number of ether oxygens (including phenoxy) is 2. The molecule has 1 aliphatic rings. The quantitative estimate of drug-likeness (QED) is 0.818. The molecule has 0 bridgehead atoms. The molecular formula is C17H22ClN3O2S. The summed E-state index contributed by atoms with van der Waals surface area (Å²) in [7, 11) is 5.16. The van der Waals surface area contributed by atoms with Gasteiger partial charge >= 0.3 is 0 Å². The summed E-state index contributed by atoms with van der Waals surface area (Å²) in [5.74, 6) is 1.27. The summed E-state index contributed by atoms with van der Waals surface area (Å²) in [5, 5.41) is 5.96. The minimum absolute atomic E-state index is 0.404. The lowest BCUT2D eigenvalue weighted by Crippen LogP contribution is -2.18. The van der Waals surface area contributed by atoms with Crippen LogP contribution in [0.4, 0.5) is 0 Å². The summed E-state index contributed by atoms with van der Waals surface area (Å²) < 4.78 is 12.8. The van der Waals surface area contributed by atoms with Crippen LogP contribution in [0.1, 0.15) is 32.1 Å². The van der Waals surface area contributed by atoms with Crippen LogP contribution >= 0.6 is 22.9 Å². The third kappa shape index (κ3) is 3.44. The molecule has 0 spiro atoms. The van der Waals surface area contributed by atoms with Crippen molar-refractivity contribution < 1.29 is 9.47 Å². The molecule has 1 saturated carbocycles. The first-order valence-corrected chi connectivity index (χ1v) is 9.32. The van der Waals surface area contributed by atoms with Crippen molar-refractivity contribution in [1.29, 1.82) is 0 Å². The van der Waals surface area contributed by atoms with Gasteiger partial charge in [0, 0.05) is 7.05 Å². The lowest BCUT2D eigenvalue weighted by molar-refractivity contribution is 0.397. The van der Waals surface area contributed by atoms with E-state index >= 15 is 0 Å². The van der Waals surface area contributed by atoms with Crippen LogP contribution < -0.4 is 14.3 Å². The van der Waals surface area contributed by atoms with Crippen LogP contribution in [0.15, 0.2) is 17.1 Å². The van der Waals surface area contributed by atoms with E-state index in [2.05, 4.69) is 5.10 Å². The van der Waals surface area contributed by atoms with E-state index in [1.807, 2.05) is 17.8 Å². The molecule has 3 rings (SSSR count). The second kappa shape index (κ2) is 7.57. The third-order valence-electron chi connectivity index (χ3n) is 4.28. The minimum Gasteiger partial charge on any atom is -0.496 e. The number of halogens is 1. The Kier molecular flexibility index (Phi) is 5.46. The summed E-state index contributed by atoms with van der Waals surface area (Å²) in [6, 6.07) is 4.00. The number of aryl methyl sites for hydroxylation is 1. The van der Waals surface area contributed by atoms with Gasteiger partial charge in [0.25, 0.3) is 0 Å². The molecule has 2 aromatic rings. The van der Waals surface area contributed by atoms with Gasteiger partial charge in [0.1, 0.15) is 5.75 Å². The Morgan fingerprint density at radius 1 is 1.21 bits per heavy atom. The standard InChI is InChI=1S/C17H22ClN3O2S/c1-21-17(19-11-7-5-4-6-8-11)24-16(20-21)14-13(22-2)10-9-12(18)15(14)23-3/h9-11H,4-8H2,1-3H3. The number of hydrogen-bond donors (Lipinski definition) is 0. The van der Waals surface area contributed by atoms with E-state index in [4.69, 9.17) is 26.1 Å². The Bertz CT molecular complexity index is 779. The van der Waals surface area contributed by atoms with Crippen molar-refractivity contribution in [3.8, 4) is 22.1 Å². The summed E-state index contributed by atoms with van der Waals surface area (Å²) in [5.41, 5.74) is 0.776. The average molecular weight is 368 g/mol. The molecule has 7 heteroatoms. The van der Waals surface area contributed by atoms with Crippen LogP contribution in [-0.4, -0.2) is 30.0 Å². The van der Waals surface area contributed by atoms with Gasteiger partial charge < -0.3 is 9.47 Å². The van der Waals surface area contributed by atoms with Crippen LogP contribution in [-0.2, 0) is 7.05 Å². The maximum Gasteiger partial charge on any atom is 0.203 e. The van der Waals surface area contributed by atoms with Gasteiger partial charge in [-0.15, -0.1) is 0 Å². The number of methoxy groups -OCH3 is 2. The predicted octanol–water partition coefficient (Wildman–Crippen LogP) is 4.05. The van der Waals surface area contributed by atoms with Gasteiger partial charge in [0.15, 0.2) is 10.8 Å². The Labute approximate surface area is 150 Å². The largest absolute Gasteiger partial charge is 0.496 e. The van der Waals surface area contributed by atoms with Gasteiger partial charge in [-0.3, -0.25) is 4.99 Å². The Hall–Kier alpha value is -1.53.